The summed E-state index contributed by atoms with van der Waals surface area (Å²) in [6, 6.07) is 3.40. The van der Waals surface area contributed by atoms with Crippen LogP contribution in [-0.4, -0.2) is 17.9 Å². The number of hydrogen-bond donors (Lipinski definition) is 3. The molecule has 2 rings (SSSR count). The molecule has 1 atom stereocenters. The molecule has 0 aromatic heterocycles. The molecule has 1 aromatic carbocycles. The number of hydrogen-bond acceptors (Lipinski definition) is 3. The molecule has 23 heavy (non-hydrogen) atoms. The van der Waals surface area contributed by atoms with Gasteiger partial charge in [0, 0.05) is 11.6 Å². The van der Waals surface area contributed by atoms with E-state index in [1.807, 2.05) is 0 Å². The summed E-state index contributed by atoms with van der Waals surface area (Å²) in [6.07, 6.45) is 4.90. The van der Waals surface area contributed by atoms with Crippen LogP contribution in [0.2, 0.25) is 0 Å². The molecule has 0 radical (unpaired) electrons. The predicted molar refractivity (Wildman–Crippen MR) is 91.1 cm³/mol. The van der Waals surface area contributed by atoms with E-state index < -0.39 is 11.9 Å². The van der Waals surface area contributed by atoms with Gasteiger partial charge < -0.3 is 16.4 Å². The third-order valence-corrected chi connectivity index (χ3v) is 3.88. The Labute approximate surface area is 141 Å². The number of carbonyl (C=O) groups excluding carboxylic acids is 2. The number of amides is 2. The maximum absolute atomic E-state index is 13.8. The smallest absolute Gasteiger partial charge is 0.240 e. The van der Waals surface area contributed by atoms with Gasteiger partial charge in [-0.1, -0.05) is 19.3 Å². The first-order valence-electron chi connectivity index (χ1n) is 7.64. The molecule has 0 saturated heterocycles. The molecule has 1 aromatic rings. The van der Waals surface area contributed by atoms with Crippen molar-refractivity contribution in [3.8, 4) is 0 Å². The second kappa shape index (κ2) is 8.84. The first-order valence-corrected chi connectivity index (χ1v) is 7.64. The summed E-state index contributed by atoms with van der Waals surface area (Å²) in [6.45, 7) is 1.56. The lowest BCUT2D eigenvalue weighted by Crippen LogP contribution is -2.32. The van der Waals surface area contributed by atoms with Gasteiger partial charge in [0.25, 0.3) is 0 Å². The predicted octanol–water partition coefficient (Wildman–Crippen LogP) is 3.05. The fourth-order valence-electron chi connectivity index (χ4n) is 2.55. The zero-order valence-corrected chi connectivity index (χ0v) is 13.9. The van der Waals surface area contributed by atoms with Crippen molar-refractivity contribution in [2.24, 2.45) is 11.7 Å². The summed E-state index contributed by atoms with van der Waals surface area (Å²) in [5, 5.41) is 5.21. The normalized spacial score (nSPS) is 16.1. The number of carbonyl (C=O) groups is 2. The Balaban J connectivity index is 0.00000264. The maximum atomic E-state index is 13.8. The van der Waals surface area contributed by atoms with Crippen molar-refractivity contribution in [2.75, 3.05) is 10.6 Å². The van der Waals surface area contributed by atoms with Crippen LogP contribution < -0.4 is 16.4 Å². The summed E-state index contributed by atoms with van der Waals surface area (Å²) < 4.78 is 13.8. The number of rotatable bonds is 4. The number of benzene rings is 1. The third-order valence-electron chi connectivity index (χ3n) is 3.88. The Morgan fingerprint density at radius 1 is 1.22 bits per heavy atom. The van der Waals surface area contributed by atoms with Crippen LogP contribution in [0.4, 0.5) is 15.8 Å². The van der Waals surface area contributed by atoms with E-state index in [1.165, 1.54) is 18.2 Å². The van der Waals surface area contributed by atoms with Gasteiger partial charge in [-0.25, -0.2) is 4.39 Å². The molecule has 5 nitrogen and oxygen atoms in total. The van der Waals surface area contributed by atoms with Crippen LogP contribution in [0, 0.1) is 11.7 Å². The minimum atomic E-state index is -0.662. The first kappa shape index (κ1) is 19.4. The second-order valence-corrected chi connectivity index (χ2v) is 5.80. The van der Waals surface area contributed by atoms with E-state index >= 15 is 0 Å². The van der Waals surface area contributed by atoms with E-state index in [0.717, 1.165) is 32.1 Å². The lowest BCUT2D eigenvalue weighted by molar-refractivity contribution is -0.120. The molecule has 0 spiro atoms. The van der Waals surface area contributed by atoms with Crippen LogP contribution in [0.15, 0.2) is 18.2 Å². The van der Waals surface area contributed by atoms with E-state index in [-0.39, 0.29) is 35.8 Å². The SMILES string of the molecule is CC(N)C(=O)Nc1ccc(F)c(NC(=O)C2CCCCC2)c1.Cl. The van der Waals surface area contributed by atoms with E-state index in [2.05, 4.69) is 10.6 Å². The van der Waals surface area contributed by atoms with Crippen molar-refractivity contribution in [1.29, 1.82) is 0 Å². The van der Waals surface area contributed by atoms with Crippen molar-refractivity contribution < 1.29 is 14.0 Å². The van der Waals surface area contributed by atoms with Gasteiger partial charge in [-0.15, -0.1) is 12.4 Å². The lowest BCUT2D eigenvalue weighted by atomic mass is 9.88. The molecule has 1 unspecified atom stereocenters. The molecule has 1 saturated carbocycles. The van der Waals surface area contributed by atoms with Crippen LogP contribution in [0.5, 0.6) is 0 Å². The highest BCUT2D eigenvalue weighted by Crippen LogP contribution is 2.26. The van der Waals surface area contributed by atoms with Crippen molar-refractivity contribution in [3.63, 3.8) is 0 Å². The fraction of sp³-hybridized carbons (Fsp3) is 0.500. The molecular formula is C16H23ClFN3O2. The molecule has 0 aliphatic heterocycles. The van der Waals surface area contributed by atoms with Crippen molar-refractivity contribution in [2.45, 2.75) is 45.1 Å². The van der Waals surface area contributed by atoms with Gasteiger partial charge in [-0.2, -0.15) is 0 Å². The summed E-state index contributed by atoms with van der Waals surface area (Å²) >= 11 is 0. The van der Waals surface area contributed by atoms with Gasteiger partial charge in [0.05, 0.1) is 11.7 Å². The molecule has 0 heterocycles. The molecule has 1 aliphatic carbocycles. The molecule has 1 fully saturated rings. The first-order chi connectivity index (χ1) is 10.5. The average Bonchev–Trinajstić information content (AvgIpc) is 2.51. The summed E-state index contributed by atoms with van der Waals surface area (Å²) in [5.41, 5.74) is 5.96. The number of halogens is 2. The zero-order chi connectivity index (χ0) is 16.1. The quantitative estimate of drug-likeness (QED) is 0.785. The maximum Gasteiger partial charge on any atom is 0.240 e. The highest BCUT2D eigenvalue weighted by molar-refractivity contribution is 5.96. The van der Waals surface area contributed by atoms with Gasteiger partial charge in [0.2, 0.25) is 11.8 Å². The molecule has 0 bridgehead atoms. The van der Waals surface area contributed by atoms with Gasteiger partial charge in [0.15, 0.2) is 0 Å². The van der Waals surface area contributed by atoms with E-state index in [9.17, 15) is 14.0 Å². The van der Waals surface area contributed by atoms with Gasteiger partial charge >= 0.3 is 0 Å². The zero-order valence-electron chi connectivity index (χ0n) is 13.1. The van der Waals surface area contributed by atoms with Crippen LogP contribution in [0.3, 0.4) is 0 Å². The van der Waals surface area contributed by atoms with E-state index in [1.54, 1.807) is 6.92 Å². The summed E-state index contributed by atoms with van der Waals surface area (Å²) in [4.78, 5) is 23.7. The Bertz CT molecular complexity index is 560. The molecule has 7 heteroatoms. The Morgan fingerprint density at radius 2 is 1.87 bits per heavy atom. The molecular weight excluding hydrogens is 321 g/mol. The molecule has 4 N–H and O–H groups in total. The van der Waals surface area contributed by atoms with Crippen molar-refractivity contribution in [1.82, 2.24) is 0 Å². The van der Waals surface area contributed by atoms with Crippen LogP contribution in [-0.2, 0) is 9.59 Å². The largest absolute Gasteiger partial charge is 0.325 e. The van der Waals surface area contributed by atoms with E-state index in [0.29, 0.717) is 5.69 Å². The summed E-state index contributed by atoms with van der Waals surface area (Å²) in [7, 11) is 0. The number of anilines is 2. The van der Waals surface area contributed by atoms with Crippen LogP contribution >= 0.6 is 12.4 Å². The minimum absolute atomic E-state index is 0. The molecule has 1 aliphatic rings. The monoisotopic (exact) mass is 343 g/mol. The lowest BCUT2D eigenvalue weighted by Gasteiger charge is -2.21. The van der Waals surface area contributed by atoms with Gasteiger partial charge in [-0.3, -0.25) is 9.59 Å². The molecule has 2 amide bonds. The third kappa shape index (κ3) is 5.48. The van der Waals surface area contributed by atoms with Gasteiger partial charge in [0.1, 0.15) is 5.82 Å². The molecule has 128 valence electrons. The fourth-order valence-corrected chi connectivity index (χ4v) is 2.55. The Kier molecular flexibility index (Phi) is 7.45. The highest BCUT2D eigenvalue weighted by Gasteiger charge is 2.22. The van der Waals surface area contributed by atoms with Crippen molar-refractivity contribution in [3.05, 3.63) is 24.0 Å². The summed E-state index contributed by atoms with van der Waals surface area (Å²) in [5.74, 6) is -1.11. The average molecular weight is 344 g/mol. The number of nitrogens with one attached hydrogen (secondary N) is 2. The van der Waals surface area contributed by atoms with Crippen LogP contribution in [0.1, 0.15) is 39.0 Å². The topological polar surface area (TPSA) is 84.2 Å². The minimum Gasteiger partial charge on any atom is -0.325 e. The number of nitrogens with two attached hydrogens (primary N) is 1. The Hall–Kier alpha value is -1.66. The Morgan fingerprint density at radius 3 is 2.48 bits per heavy atom. The van der Waals surface area contributed by atoms with Gasteiger partial charge in [-0.05, 0) is 38.0 Å². The van der Waals surface area contributed by atoms with Crippen molar-refractivity contribution >= 4 is 35.6 Å². The standard InChI is InChI=1S/C16H22FN3O2.ClH/c1-10(18)15(21)19-12-7-8-13(17)14(9-12)20-16(22)11-5-3-2-4-6-11;/h7-11H,2-6,18H2,1H3,(H,19,21)(H,20,22);1H. The van der Waals surface area contributed by atoms with E-state index in [4.69, 9.17) is 5.73 Å². The van der Waals surface area contributed by atoms with Crippen LogP contribution in [0.25, 0.3) is 0 Å². The highest BCUT2D eigenvalue weighted by atomic mass is 35.5. The second-order valence-electron chi connectivity index (χ2n) is 5.80.